The van der Waals surface area contributed by atoms with E-state index in [1.165, 1.54) is 25.7 Å². The van der Waals surface area contributed by atoms with Gasteiger partial charge in [-0.2, -0.15) is 0 Å². The molecule has 108 valence electrons. The summed E-state index contributed by atoms with van der Waals surface area (Å²) in [6.07, 6.45) is 6.17. The summed E-state index contributed by atoms with van der Waals surface area (Å²) in [5, 5.41) is 12.0. The first-order chi connectivity index (χ1) is 9.70. The molecule has 0 N–H and O–H groups in total. The monoisotopic (exact) mass is 338 g/mol. The Morgan fingerprint density at radius 1 is 1.30 bits per heavy atom. The molecule has 20 heavy (non-hydrogen) atoms. The van der Waals surface area contributed by atoms with Gasteiger partial charge in [0.25, 0.3) is 5.69 Å². The van der Waals surface area contributed by atoms with E-state index in [4.69, 9.17) is 0 Å². The van der Waals surface area contributed by atoms with Gasteiger partial charge < -0.3 is 4.90 Å². The normalized spacial score (nSPS) is 25.6. The highest BCUT2D eigenvalue weighted by Gasteiger charge is 2.37. The summed E-state index contributed by atoms with van der Waals surface area (Å²) in [5.41, 5.74) is 2.03. The van der Waals surface area contributed by atoms with Gasteiger partial charge in [-0.15, -0.1) is 0 Å². The van der Waals surface area contributed by atoms with E-state index in [-0.39, 0.29) is 10.6 Å². The Bertz CT molecular complexity index is 521. The topological polar surface area (TPSA) is 46.4 Å². The quantitative estimate of drug-likeness (QED) is 0.470. The smallest absolute Gasteiger partial charge is 0.292 e. The van der Waals surface area contributed by atoms with Gasteiger partial charge in [0.05, 0.1) is 4.92 Å². The molecular weight excluding hydrogens is 320 g/mol. The van der Waals surface area contributed by atoms with Crippen molar-refractivity contribution in [2.75, 3.05) is 11.4 Å². The van der Waals surface area contributed by atoms with Crippen molar-refractivity contribution in [2.24, 2.45) is 5.92 Å². The minimum Gasteiger partial charge on any atom is -0.363 e. The molecule has 0 bridgehead atoms. The molecule has 3 rings (SSSR count). The average molecular weight is 339 g/mol. The number of alkyl halides is 1. The van der Waals surface area contributed by atoms with Crippen molar-refractivity contribution < 1.29 is 4.92 Å². The lowest BCUT2D eigenvalue weighted by molar-refractivity contribution is -0.384. The Morgan fingerprint density at radius 3 is 2.85 bits per heavy atom. The summed E-state index contributed by atoms with van der Waals surface area (Å²) in [5.74, 6) is 0.735. The standard InChI is InChI=1S/C15H19BrN2O2/c16-10-11-6-7-14(15(9-11)18(19)20)17-8-2-4-12-3-1-5-13(12)17/h6-7,9,12-13H,1-5,8,10H2. The van der Waals surface area contributed by atoms with Gasteiger partial charge in [-0.25, -0.2) is 0 Å². The minimum absolute atomic E-state index is 0.236. The Morgan fingerprint density at radius 2 is 2.10 bits per heavy atom. The fourth-order valence-electron chi connectivity index (χ4n) is 3.79. The molecule has 4 nitrogen and oxygen atoms in total. The maximum Gasteiger partial charge on any atom is 0.292 e. The maximum absolute atomic E-state index is 11.4. The van der Waals surface area contributed by atoms with E-state index in [0.717, 1.165) is 30.1 Å². The Kier molecular flexibility index (Phi) is 3.96. The van der Waals surface area contributed by atoms with Crippen LogP contribution in [0.4, 0.5) is 11.4 Å². The van der Waals surface area contributed by atoms with Crippen LogP contribution in [-0.2, 0) is 5.33 Å². The fraction of sp³-hybridized carbons (Fsp3) is 0.600. The van der Waals surface area contributed by atoms with Gasteiger partial charge in [0.15, 0.2) is 0 Å². The zero-order chi connectivity index (χ0) is 14.1. The van der Waals surface area contributed by atoms with Crippen molar-refractivity contribution in [1.82, 2.24) is 0 Å². The van der Waals surface area contributed by atoms with Crippen molar-refractivity contribution in [2.45, 2.75) is 43.5 Å². The first-order valence-electron chi connectivity index (χ1n) is 7.30. The maximum atomic E-state index is 11.4. The van der Waals surface area contributed by atoms with E-state index in [0.29, 0.717) is 11.4 Å². The number of piperidine rings is 1. The van der Waals surface area contributed by atoms with E-state index >= 15 is 0 Å². The van der Waals surface area contributed by atoms with Gasteiger partial charge in [-0.1, -0.05) is 28.4 Å². The van der Waals surface area contributed by atoms with E-state index < -0.39 is 0 Å². The van der Waals surface area contributed by atoms with E-state index in [9.17, 15) is 10.1 Å². The predicted molar refractivity (Wildman–Crippen MR) is 83.4 cm³/mol. The van der Waals surface area contributed by atoms with Gasteiger partial charge in [-0.05, 0) is 43.2 Å². The second-order valence-electron chi connectivity index (χ2n) is 5.81. The molecule has 2 aliphatic rings. The van der Waals surface area contributed by atoms with Crippen LogP contribution >= 0.6 is 15.9 Å². The Balaban J connectivity index is 1.98. The molecule has 1 aliphatic heterocycles. The van der Waals surface area contributed by atoms with E-state index in [1.54, 1.807) is 6.07 Å². The predicted octanol–water partition coefficient (Wildman–Crippen LogP) is 4.26. The van der Waals surface area contributed by atoms with Crippen molar-refractivity contribution in [3.63, 3.8) is 0 Å². The number of nitro groups is 1. The van der Waals surface area contributed by atoms with Gasteiger partial charge in [-0.3, -0.25) is 10.1 Å². The molecular formula is C15H19BrN2O2. The summed E-state index contributed by atoms with van der Waals surface area (Å²) in [4.78, 5) is 13.5. The molecule has 1 aromatic rings. The lowest BCUT2D eigenvalue weighted by atomic mass is 9.91. The van der Waals surface area contributed by atoms with E-state index in [2.05, 4.69) is 20.8 Å². The number of hydrogen-bond acceptors (Lipinski definition) is 3. The molecule has 0 spiro atoms. The molecule has 1 heterocycles. The fourth-order valence-corrected chi connectivity index (χ4v) is 4.14. The van der Waals surface area contributed by atoms with Crippen LogP contribution in [0.25, 0.3) is 0 Å². The van der Waals surface area contributed by atoms with Crippen LogP contribution in [0, 0.1) is 16.0 Å². The molecule has 2 fully saturated rings. The lowest BCUT2D eigenvalue weighted by Gasteiger charge is -2.39. The molecule has 2 unspecified atom stereocenters. The highest BCUT2D eigenvalue weighted by Crippen LogP contribution is 2.42. The molecule has 0 aromatic heterocycles. The van der Waals surface area contributed by atoms with Crippen molar-refractivity contribution in [3.05, 3.63) is 33.9 Å². The molecule has 5 heteroatoms. The number of halogens is 1. The number of nitro benzene ring substituents is 1. The van der Waals surface area contributed by atoms with Gasteiger partial charge in [0, 0.05) is 24.0 Å². The Hall–Kier alpha value is -1.10. The number of nitrogens with zero attached hydrogens (tertiary/aromatic N) is 2. The van der Waals surface area contributed by atoms with Crippen LogP contribution < -0.4 is 4.90 Å². The zero-order valence-electron chi connectivity index (χ0n) is 11.4. The first-order valence-corrected chi connectivity index (χ1v) is 8.43. The summed E-state index contributed by atoms with van der Waals surface area (Å²) < 4.78 is 0. The summed E-state index contributed by atoms with van der Waals surface area (Å²) >= 11 is 3.37. The second-order valence-corrected chi connectivity index (χ2v) is 6.37. The average Bonchev–Trinajstić information content (AvgIpc) is 2.95. The van der Waals surface area contributed by atoms with Gasteiger partial charge in [0.1, 0.15) is 5.69 Å². The molecule has 1 saturated heterocycles. The van der Waals surface area contributed by atoms with E-state index in [1.807, 2.05) is 12.1 Å². The summed E-state index contributed by atoms with van der Waals surface area (Å²) in [6.45, 7) is 0.954. The molecule has 2 atom stereocenters. The summed E-state index contributed by atoms with van der Waals surface area (Å²) in [7, 11) is 0. The van der Waals surface area contributed by atoms with Gasteiger partial charge in [0.2, 0.25) is 0 Å². The van der Waals surface area contributed by atoms with Crippen LogP contribution in [0.5, 0.6) is 0 Å². The molecule has 1 aliphatic carbocycles. The third-order valence-electron chi connectivity index (χ3n) is 4.69. The summed E-state index contributed by atoms with van der Waals surface area (Å²) in [6, 6.07) is 6.16. The Labute approximate surface area is 127 Å². The number of hydrogen-bond donors (Lipinski definition) is 0. The van der Waals surface area contributed by atoms with Gasteiger partial charge >= 0.3 is 0 Å². The van der Waals surface area contributed by atoms with Crippen LogP contribution in [0.3, 0.4) is 0 Å². The van der Waals surface area contributed by atoms with Crippen LogP contribution in [0.2, 0.25) is 0 Å². The highest BCUT2D eigenvalue weighted by atomic mass is 79.9. The molecule has 1 aromatic carbocycles. The first kappa shape index (κ1) is 13.9. The highest BCUT2D eigenvalue weighted by molar-refractivity contribution is 9.08. The number of anilines is 1. The SMILES string of the molecule is O=[N+]([O-])c1cc(CBr)ccc1N1CCCC2CCCC21. The largest absolute Gasteiger partial charge is 0.363 e. The minimum atomic E-state index is -0.236. The van der Waals surface area contributed by atoms with Crippen molar-refractivity contribution in [3.8, 4) is 0 Å². The van der Waals surface area contributed by atoms with Crippen molar-refractivity contribution >= 4 is 27.3 Å². The van der Waals surface area contributed by atoms with Crippen LogP contribution in [0.1, 0.15) is 37.7 Å². The lowest BCUT2D eigenvalue weighted by Crippen LogP contribution is -2.42. The molecule has 0 amide bonds. The number of rotatable bonds is 3. The third kappa shape index (κ3) is 2.43. The molecule has 0 radical (unpaired) electrons. The van der Waals surface area contributed by atoms with Crippen LogP contribution in [-0.4, -0.2) is 17.5 Å². The zero-order valence-corrected chi connectivity index (χ0v) is 13.0. The second kappa shape index (κ2) is 5.72. The van der Waals surface area contributed by atoms with Crippen molar-refractivity contribution in [1.29, 1.82) is 0 Å². The molecule has 1 saturated carbocycles. The van der Waals surface area contributed by atoms with Crippen LogP contribution in [0.15, 0.2) is 18.2 Å². The third-order valence-corrected chi connectivity index (χ3v) is 5.34. The number of fused-ring (bicyclic) bond motifs is 1. The number of benzene rings is 1.